The maximum absolute atomic E-state index is 12.1. The Morgan fingerprint density at radius 2 is 2.00 bits per heavy atom. The molecule has 0 spiro atoms. The molecule has 2 N–H and O–H groups in total. The molecule has 0 saturated heterocycles. The molecule has 0 amide bonds. The van der Waals surface area contributed by atoms with Crippen LogP contribution in [-0.2, 0) is 4.79 Å². The first-order valence-electron chi connectivity index (χ1n) is 9.02. The van der Waals surface area contributed by atoms with Gasteiger partial charge in [0.25, 0.3) is 0 Å². The minimum Gasteiger partial charge on any atom is -0.481 e. The van der Waals surface area contributed by atoms with Crippen molar-refractivity contribution in [3.63, 3.8) is 0 Å². The molecule has 3 aliphatic rings. The number of aliphatic hydroxyl groups excluding tert-OH is 1. The van der Waals surface area contributed by atoms with Crippen molar-refractivity contribution in [1.29, 1.82) is 0 Å². The summed E-state index contributed by atoms with van der Waals surface area (Å²) in [6, 6.07) is 0. The van der Waals surface area contributed by atoms with Crippen LogP contribution < -0.4 is 0 Å². The Morgan fingerprint density at radius 1 is 1.26 bits per heavy atom. The van der Waals surface area contributed by atoms with Crippen LogP contribution in [0.1, 0.15) is 65.7 Å². The van der Waals surface area contributed by atoms with E-state index in [1.807, 2.05) is 13.0 Å². The van der Waals surface area contributed by atoms with E-state index >= 15 is 0 Å². The minimum atomic E-state index is -0.618. The van der Waals surface area contributed by atoms with Crippen molar-refractivity contribution in [3.8, 4) is 0 Å². The largest absolute Gasteiger partial charge is 0.481 e. The second kappa shape index (κ2) is 5.47. The molecule has 0 heterocycles. The Kier molecular flexibility index (Phi) is 3.99. The molecule has 128 valence electrons. The maximum Gasteiger partial charge on any atom is 0.309 e. The summed E-state index contributed by atoms with van der Waals surface area (Å²) >= 11 is 0. The molecule has 0 aromatic rings. The number of hydrogen-bond acceptors (Lipinski definition) is 2. The van der Waals surface area contributed by atoms with Crippen LogP contribution in [0.15, 0.2) is 23.3 Å². The van der Waals surface area contributed by atoms with E-state index in [4.69, 9.17) is 5.11 Å². The lowest BCUT2D eigenvalue weighted by atomic mass is 9.38. The highest BCUT2D eigenvalue weighted by Gasteiger charge is 2.65. The molecule has 23 heavy (non-hydrogen) atoms. The van der Waals surface area contributed by atoms with Crippen LogP contribution in [0.3, 0.4) is 0 Å². The van der Waals surface area contributed by atoms with E-state index in [1.54, 1.807) is 0 Å². The number of rotatable bonds is 2. The van der Waals surface area contributed by atoms with Gasteiger partial charge in [0.05, 0.1) is 12.0 Å². The van der Waals surface area contributed by atoms with Crippen LogP contribution in [0.5, 0.6) is 0 Å². The van der Waals surface area contributed by atoms with Gasteiger partial charge in [-0.25, -0.2) is 0 Å². The zero-order chi connectivity index (χ0) is 16.9. The van der Waals surface area contributed by atoms with Gasteiger partial charge in [-0.2, -0.15) is 0 Å². The Morgan fingerprint density at radius 3 is 2.65 bits per heavy atom. The fourth-order valence-electron chi connectivity index (χ4n) is 6.01. The Bertz CT molecular complexity index is 575. The molecule has 3 nitrogen and oxygen atoms in total. The third-order valence-electron chi connectivity index (χ3n) is 7.90. The third-order valence-corrected chi connectivity index (χ3v) is 7.90. The molecule has 0 aliphatic heterocycles. The van der Waals surface area contributed by atoms with Crippen molar-refractivity contribution < 1.29 is 15.0 Å². The molecular weight excluding hydrogens is 288 g/mol. The Labute approximate surface area is 139 Å². The zero-order valence-corrected chi connectivity index (χ0v) is 14.7. The summed E-state index contributed by atoms with van der Waals surface area (Å²) in [5.41, 5.74) is 2.04. The average molecular weight is 318 g/mol. The van der Waals surface area contributed by atoms with Crippen molar-refractivity contribution >= 4 is 5.97 Å². The average Bonchev–Trinajstić information content (AvgIpc) is 2.50. The number of carboxylic acids is 1. The van der Waals surface area contributed by atoms with E-state index in [1.165, 1.54) is 11.1 Å². The smallest absolute Gasteiger partial charge is 0.309 e. The van der Waals surface area contributed by atoms with Crippen LogP contribution in [0.4, 0.5) is 0 Å². The van der Waals surface area contributed by atoms with Crippen molar-refractivity contribution in [3.05, 3.63) is 23.3 Å². The van der Waals surface area contributed by atoms with Gasteiger partial charge in [-0.3, -0.25) is 4.79 Å². The molecule has 3 aliphatic carbocycles. The number of aliphatic carboxylic acids is 1. The lowest BCUT2D eigenvalue weighted by Crippen LogP contribution is -2.60. The molecule has 4 atom stereocenters. The number of allylic oxidation sites excluding steroid dienone is 3. The van der Waals surface area contributed by atoms with E-state index in [0.717, 1.165) is 44.9 Å². The molecule has 2 fully saturated rings. The quantitative estimate of drug-likeness (QED) is 0.797. The molecule has 0 radical (unpaired) electrons. The van der Waals surface area contributed by atoms with E-state index in [9.17, 15) is 9.90 Å². The fourth-order valence-corrected chi connectivity index (χ4v) is 6.01. The highest BCUT2D eigenvalue weighted by molar-refractivity contribution is 5.76. The highest BCUT2D eigenvalue weighted by Crippen LogP contribution is 2.70. The first kappa shape index (κ1) is 16.8. The molecule has 0 unspecified atom stereocenters. The molecule has 3 rings (SSSR count). The molecule has 3 heteroatoms. The number of carboxylic acid groups (broad SMARTS) is 1. The van der Waals surface area contributed by atoms with Crippen molar-refractivity contribution in [2.75, 3.05) is 6.61 Å². The lowest BCUT2D eigenvalue weighted by Gasteiger charge is -2.65. The zero-order valence-electron chi connectivity index (χ0n) is 14.7. The van der Waals surface area contributed by atoms with Gasteiger partial charge in [-0.15, -0.1) is 0 Å². The Balaban J connectivity index is 2.04. The molecule has 0 aromatic carbocycles. The van der Waals surface area contributed by atoms with Crippen molar-refractivity contribution in [2.24, 2.45) is 22.2 Å². The van der Waals surface area contributed by atoms with E-state index < -0.39 is 11.4 Å². The number of carbonyl (C=O) groups is 1. The van der Waals surface area contributed by atoms with Gasteiger partial charge in [0.1, 0.15) is 0 Å². The van der Waals surface area contributed by atoms with Gasteiger partial charge in [0, 0.05) is 0 Å². The lowest BCUT2D eigenvalue weighted by molar-refractivity contribution is -0.186. The standard InChI is InChI=1S/C20H30O3/c1-18-9-4-10-19(2,17(22)23)20(18,3)11-7-15-13-14(8-12-21)5-6-16(15)18/h8,13,16,21H,4-7,9-12H2,1-3H3,(H,22,23)/b14-8-/t16-,18+,19+,20+/m0/s1. The second-order valence-electron chi connectivity index (χ2n) is 8.51. The molecular formula is C20H30O3. The summed E-state index contributed by atoms with van der Waals surface area (Å²) in [5.74, 6) is -0.119. The predicted octanol–water partition coefficient (Wildman–Crippen LogP) is 4.32. The fraction of sp³-hybridized carbons (Fsp3) is 0.750. The van der Waals surface area contributed by atoms with Gasteiger partial charge in [0.15, 0.2) is 0 Å². The first-order valence-corrected chi connectivity index (χ1v) is 9.02. The normalized spacial score (nSPS) is 45.1. The van der Waals surface area contributed by atoms with Gasteiger partial charge in [-0.05, 0) is 67.8 Å². The second-order valence-corrected chi connectivity index (χ2v) is 8.51. The van der Waals surface area contributed by atoms with Crippen LogP contribution in [0, 0.1) is 22.2 Å². The topological polar surface area (TPSA) is 57.5 Å². The number of hydrogen-bond donors (Lipinski definition) is 2. The molecule has 2 saturated carbocycles. The monoisotopic (exact) mass is 318 g/mol. The summed E-state index contributed by atoms with van der Waals surface area (Å²) < 4.78 is 0. The van der Waals surface area contributed by atoms with Crippen LogP contribution in [0.2, 0.25) is 0 Å². The summed E-state index contributed by atoms with van der Waals surface area (Å²) in [6.45, 7) is 6.69. The van der Waals surface area contributed by atoms with E-state index in [-0.39, 0.29) is 17.4 Å². The van der Waals surface area contributed by atoms with Gasteiger partial charge in [0.2, 0.25) is 0 Å². The third kappa shape index (κ3) is 2.15. The van der Waals surface area contributed by atoms with Gasteiger partial charge >= 0.3 is 5.97 Å². The van der Waals surface area contributed by atoms with Gasteiger partial charge in [-0.1, -0.05) is 38.0 Å². The SMILES string of the molecule is C[C@@]12CCC3=C/C(=C\CO)CC[C@@H]3[C@@]1(C)CCC[C@]2(C)C(=O)O. The van der Waals surface area contributed by atoms with Crippen LogP contribution in [-0.4, -0.2) is 22.8 Å². The summed E-state index contributed by atoms with van der Waals surface area (Å²) in [5, 5.41) is 19.1. The minimum absolute atomic E-state index is 0.0627. The Hall–Kier alpha value is -1.09. The molecule has 0 bridgehead atoms. The van der Waals surface area contributed by atoms with E-state index in [0.29, 0.717) is 5.92 Å². The number of aliphatic hydroxyl groups is 1. The summed E-state index contributed by atoms with van der Waals surface area (Å²) in [6.07, 6.45) is 11.2. The van der Waals surface area contributed by atoms with Crippen LogP contribution in [0.25, 0.3) is 0 Å². The highest BCUT2D eigenvalue weighted by atomic mass is 16.4. The summed E-state index contributed by atoms with van der Waals surface area (Å²) in [4.78, 5) is 12.1. The van der Waals surface area contributed by atoms with Crippen molar-refractivity contribution in [2.45, 2.75) is 65.7 Å². The molecule has 0 aromatic heterocycles. The van der Waals surface area contributed by atoms with Gasteiger partial charge < -0.3 is 10.2 Å². The number of fused-ring (bicyclic) bond motifs is 3. The summed E-state index contributed by atoms with van der Waals surface area (Å²) in [7, 11) is 0. The first-order chi connectivity index (χ1) is 10.8. The van der Waals surface area contributed by atoms with Crippen molar-refractivity contribution in [1.82, 2.24) is 0 Å². The maximum atomic E-state index is 12.1. The predicted molar refractivity (Wildman–Crippen MR) is 91.0 cm³/mol. The van der Waals surface area contributed by atoms with Crippen LogP contribution >= 0.6 is 0 Å². The van der Waals surface area contributed by atoms with E-state index in [2.05, 4.69) is 19.9 Å².